The normalized spacial score (nSPS) is 20.2. The highest BCUT2D eigenvalue weighted by Gasteiger charge is 2.21. The fraction of sp³-hybridized carbons (Fsp3) is 0.444. The number of anilines is 1. The number of benzene rings is 1. The molecule has 0 aliphatic carbocycles. The van der Waals surface area contributed by atoms with E-state index in [-0.39, 0.29) is 12.1 Å². The highest BCUT2D eigenvalue weighted by molar-refractivity contribution is 5.89. The van der Waals surface area contributed by atoms with Crippen LogP contribution in [0.1, 0.15) is 25.8 Å². The number of rotatable bonds is 4. The molecule has 3 rings (SSSR count). The molecule has 1 amide bonds. The topological polar surface area (TPSA) is 63.2 Å². The van der Waals surface area contributed by atoms with Gasteiger partial charge in [0.25, 0.3) is 0 Å². The van der Waals surface area contributed by atoms with E-state index in [0.29, 0.717) is 19.8 Å². The fourth-order valence-electron chi connectivity index (χ4n) is 2.97. The smallest absolute Gasteiger partial charge is 0.414 e. The zero-order valence-corrected chi connectivity index (χ0v) is 14.1. The number of hydrogen-bond acceptors (Lipinski definition) is 5. The highest BCUT2D eigenvalue weighted by Crippen LogP contribution is 2.36. The van der Waals surface area contributed by atoms with Crippen LogP contribution in [0.15, 0.2) is 29.3 Å². The van der Waals surface area contributed by atoms with E-state index in [4.69, 9.17) is 9.47 Å². The number of nitrogens with zero attached hydrogens (tertiary/aromatic N) is 2. The second kappa shape index (κ2) is 7.38. The van der Waals surface area contributed by atoms with E-state index in [2.05, 4.69) is 16.4 Å². The quantitative estimate of drug-likeness (QED) is 0.922. The summed E-state index contributed by atoms with van der Waals surface area (Å²) in [6.45, 7) is 6.08. The van der Waals surface area contributed by atoms with Crippen LogP contribution < -0.4 is 15.0 Å². The first-order valence-electron chi connectivity index (χ1n) is 8.39. The third kappa shape index (κ3) is 3.37. The molecule has 2 heterocycles. The highest BCUT2D eigenvalue weighted by atomic mass is 16.6. The van der Waals surface area contributed by atoms with Crippen molar-refractivity contribution in [2.75, 3.05) is 31.2 Å². The molecule has 128 valence electrons. The number of nitrogens with one attached hydrogen (secondary N) is 1. The first-order valence-corrected chi connectivity index (χ1v) is 8.39. The number of fused-ring (bicyclic) bond motifs is 1. The predicted octanol–water partition coefficient (Wildman–Crippen LogP) is 2.84. The van der Waals surface area contributed by atoms with Gasteiger partial charge in [-0.1, -0.05) is 6.08 Å². The zero-order valence-electron chi connectivity index (χ0n) is 14.1. The largest absolute Gasteiger partial charge is 0.493 e. The lowest BCUT2D eigenvalue weighted by Gasteiger charge is -2.25. The maximum absolute atomic E-state index is 12.1. The molecule has 2 aliphatic rings. The summed E-state index contributed by atoms with van der Waals surface area (Å²) in [6, 6.07) is 6.07. The predicted molar refractivity (Wildman–Crippen MR) is 94.9 cm³/mol. The summed E-state index contributed by atoms with van der Waals surface area (Å²) in [5.41, 5.74) is 3.08. The molecule has 6 nitrogen and oxygen atoms in total. The van der Waals surface area contributed by atoms with Crippen LogP contribution in [0.4, 0.5) is 10.5 Å². The van der Waals surface area contributed by atoms with Gasteiger partial charge in [0.2, 0.25) is 0 Å². The Morgan fingerprint density at radius 3 is 3.08 bits per heavy atom. The molecule has 6 heteroatoms. The molecule has 0 radical (unpaired) electrons. The first-order chi connectivity index (χ1) is 11.7. The minimum Gasteiger partial charge on any atom is -0.493 e. The van der Waals surface area contributed by atoms with E-state index in [0.717, 1.165) is 30.0 Å². The number of ether oxygens (including phenoxy) is 2. The molecule has 1 atom stereocenters. The Balaban J connectivity index is 1.91. The van der Waals surface area contributed by atoms with E-state index < -0.39 is 0 Å². The molecule has 1 aromatic rings. The monoisotopic (exact) mass is 329 g/mol. The van der Waals surface area contributed by atoms with E-state index >= 15 is 0 Å². The van der Waals surface area contributed by atoms with Gasteiger partial charge in [-0.2, -0.15) is 0 Å². The Morgan fingerprint density at radius 2 is 2.38 bits per heavy atom. The second-order valence-corrected chi connectivity index (χ2v) is 5.68. The molecule has 24 heavy (non-hydrogen) atoms. The number of carbonyl (C=O) groups is 1. The van der Waals surface area contributed by atoms with Crippen LogP contribution in [0, 0.1) is 0 Å². The average molecular weight is 329 g/mol. The summed E-state index contributed by atoms with van der Waals surface area (Å²) in [4.78, 5) is 18.0. The van der Waals surface area contributed by atoms with Crippen molar-refractivity contribution >= 4 is 23.7 Å². The summed E-state index contributed by atoms with van der Waals surface area (Å²) < 4.78 is 10.9. The van der Waals surface area contributed by atoms with Gasteiger partial charge in [0, 0.05) is 24.2 Å². The third-order valence-corrected chi connectivity index (χ3v) is 4.14. The summed E-state index contributed by atoms with van der Waals surface area (Å²) in [5, 5.41) is 3.22. The number of hydrogen-bond donors (Lipinski definition) is 1. The van der Waals surface area contributed by atoms with Gasteiger partial charge >= 0.3 is 6.09 Å². The summed E-state index contributed by atoms with van der Waals surface area (Å²) in [5.74, 6) is 0.857. The maximum Gasteiger partial charge on any atom is 0.414 e. The van der Waals surface area contributed by atoms with E-state index in [1.165, 1.54) is 5.57 Å². The lowest BCUT2D eigenvalue weighted by atomic mass is 9.97. The van der Waals surface area contributed by atoms with Gasteiger partial charge in [0.1, 0.15) is 5.75 Å². The van der Waals surface area contributed by atoms with Gasteiger partial charge in [0.15, 0.2) is 0 Å². The molecule has 1 N–H and O–H groups in total. The minimum atomic E-state index is -0.326. The van der Waals surface area contributed by atoms with Crippen molar-refractivity contribution in [2.24, 2.45) is 4.99 Å². The molecule has 1 aromatic carbocycles. The van der Waals surface area contributed by atoms with E-state index in [9.17, 15) is 4.79 Å². The van der Waals surface area contributed by atoms with Gasteiger partial charge in [-0.3, -0.25) is 9.89 Å². The van der Waals surface area contributed by atoms with E-state index in [1.807, 2.05) is 32.0 Å². The van der Waals surface area contributed by atoms with Crippen molar-refractivity contribution in [2.45, 2.75) is 26.3 Å². The Kier molecular flexibility index (Phi) is 5.03. The molecule has 0 fully saturated rings. The summed E-state index contributed by atoms with van der Waals surface area (Å²) in [6.07, 6.45) is 4.48. The number of aliphatic imine (C=N–C) groups is 1. The van der Waals surface area contributed by atoms with Crippen molar-refractivity contribution in [1.82, 2.24) is 5.32 Å². The molecule has 0 spiro atoms. The van der Waals surface area contributed by atoms with Crippen LogP contribution in [0.2, 0.25) is 0 Å². The second-order valence-electron chi connectivity index (χ2n) is 5.68. The number of amides is 1. The Bertz CT molecular complexity index is 661. The van der Waals surface area contributed by atoms with Gasteiger partial charge in [-0.25, -0.2) is 4.79 Å². The SMILES string of the molecule is CCOC(=O)N(CC)c1ccc2c(c1)/C(=C/C1CN=CN1)CCO2. The molecule has 2 aliphatic heterocycles. The molecular weight excluding hydrogens is 306 g/mol. The van der Waals surface area contributed by atoms with Crippen molar-refractivity contribution in [3.05, 3.63) is 29.8 Å². The number of carbonyl (C=O) groups excluding carboxylic acids is 1. The lowest BCUT2D eigenvalue weighted by Crippen LogP contribution is -2.31. The molecule has 0 aromatic heterocycles. The minimum absolute atomic E-state index is 0.224. The van der Waals surface area contributed by atoms with Crippen LogP contribution in [-0.4, -0.2) is 44.8 Å². The Hall–Kier alpha value is -2.50. The molecule has 0 bridgehead atoms. The lowest BCUT2D eigenvalue weighted by molar-refractivity contribution is 0.160. The molecule has 1 unspecified atom stereocenters. The van der Waals surface area contributed by atoms with Gasteiger partial charge in [-0.15, -0.1) is 0 Å². The summed E-state index contributed by atoms with van der Waals surface area (Å²) in [7, 11) is 0. The van der Waals surface area contributed by atoms with Crippen molar-refractivity contribution in [3.8, 4) is 5.75 Å². The van der Waals surface area contributed by atoms with Crippen LogP contribution in [0.5, 0.6) is 5.75 Å². The van der Waals surface area contributed by atoms with Crippen molar-refractivity contribution < 1.29 is 14.3 Å². The zero-order chi connectivity index (χ0) is 16.9. The first kappa shape index (κ1) is 16.4. The van der Waals surface area contributed by atoms with Crippen LogP contribution in [0.3, 0.4) is 0 Å². The molecule has 0 saturated heterocycles. The van der Waals surface area contributed by atoms with Crippen LogP contribution in [-0.2, 0) is 4.74 Å². The van der Waals surface area contributed by atoms with Crippen molar-refractivity contribution in [3.63, 3.8) is 0 Å². The average Bonchev–Trinajstić information content (AvgIpc) is 3.09. The Morgan fingerprint density at radius 1 is 1.50 bits per heavy atom. The Labute approximate surface area is 142 Å². The van der Waals surface area contributed by atoms with Gasteiger partial charge in [0.05, 0.1) is 32.1 Å². The standard InChI is InChI=1S/C18H23N3O3/c1-3-21(18(22)23-4-2)15-5-6-17-16(10-15)13(7-8-24-17)9-14-11-19-12-20-14/h5-6,9-10,12,14H,3-4,7-8,11H2,1-2H3,(H,19,20)/b13-9+. The van der Waals surface area contributed by atoms with Gasteiger partial charge < -0.3 is 14.8 Å². The van der Waals surface area contributed by atoms with Gasteiger partial charge in [-0.05, 0) is 37.6 Å². The maximum atomic E-state index is 12.1. The van der Waals surface area contributed by atoms with E-state index in [1.54, 1.807) is 11.2 Å². The third-order valence-electron chi connectivity index (χ3n) is 4.14. The van der Waals surface area contributed by atoms with Crippen LogP contribution in [0.25, 0.3) is 5.57 Å². The van der Waals surface area contributed by atoms with Crippen LogP contribution >= 0.6 is 0 Å². The van der Waals surface area contributed by atoms with Crippen molar-refractivity contribution in [1.29, 1.82) is 0 Å². The molecular formula is C18H23N3O3. The fourth-order valence-corrected chi connectivity index (χ4v) is 2.97. The summed E-state index contributed by atoms with van der Waals surface area (Å²) >= 11 is 0. The molecule has 0 saturated carbocycles.